The molecule has 0 bridgehead atoms. The number of nitrogens with one attached hydrogen (secondary N) is 2. The Labute approximate surface area is 154 Å². The summed E-state index contributed by atoms with van der Waals surface area (Å²) >= 11 is 2.18. The average molecular weight is 442 g/mol. The van der Waals surface area contributed by atoms with Crippen LogP contribution >= 0.6 is 22.6 Å². The first-order chi connectivity index (χ1) is 11.7. The molecule has 5 nitrogen and oxygen atoms in total. The van der Waals surface area contributed by atoms with Crippen LogP contribution in [0.1, 0.15) is 18.4 Å². The van der Waals surface area contributed by atoms with E-state index >= 15 is 0 Å². The molecule has 1 aromatic heterocycles. The summed E-state index contributed by atoms with van der Waals surface area (Å²) in [6.07, 6.45) is 6.49. The average Bonchev–Trinajstić information content (AvgIpc) is 2.59. The van der Waals surface area contributed by atoms with Gasteiger partial charge < -0.3 is 15.4 Å². The van der Waals surface area contributed by atoms with Crippen LogP contribution in [0.5, 0.6) is 5.75 Å². The summed E-state index contributed by atoms with van der Waals surface area (Å²) in [5.74, 6) is 1.28. The van der Waals surface area contributed by atoms with Crippen molar-refractivity contribution in [3.63, 3.8) is 0 Å². The third-order valence-corrected chi connectivity index (χ3v) is 4.41. The maximum atomic E-state index is 13.2. The lowest BCUT2D eigenvalue weighted by atomic mass is 10.0. The Hall–Kier alpha value is -1.48. The van der Waals surface area contributed by atoms with Gasteiger partial charge in [-0.2, -0.15) is 0 Å². The van der Waals surface area contributed by atoms with Crippen molar-refractivity contribution in [2.45, 2.75) is 25.4 Å². The smallest absolute Gasteiger partial charge is 0.222 e. The molecule has 0 radical (unpaired) electrons. The molecule has 0 spiro atoms. The molecule has 0 saturated heterocycles. The van der Waals surface area contributed by atoms with E-state index in [-0.39, 0.29) is 11.9 Å². The van der Waals surface area contributed by atoms with Gasteiger partial charge in [0.1, 0.15) is 17.7 Å². The Morgan fingerprint density at radius 3 is 2.92 bits per heavy atom. The lowest BCUT2D eigenvalue weighted by Gasteiger charge is -2.26. The number of aryl methyl sites for hydroxylation is 1. The van der Waals surface area contributed by atoms with Gasteiger partial charge in [0.2, 0.25) is 5.95 Å². The van der Waals surface area contributed by atoms with E-state index in [1.165, 1.54) is 6.07 Å². The summed E-state index contributed by atoms with van der Waals surface area (Å²) in [4.78, 5) is 8.40. The van der Waals surface area contributed by atoms with Crippen LogP contribution < -0.4 is 15.4 Å². The number of halogens is 2. The molecule has 0 amide bonds. The Bertz CT molecular complexity index is 668. The van der Waals surface area contributed by atoms with Crippen LogP contribution in [0.3, 0.4) is 0 Å². The molecule has 2 N–H and O–H groups in total. The lowest BCUT2D eigenvalue weighted by molar-refractivity contribution is 0.170. The van der Waals surface area contributed by atoms with Gasteiger partial charge in [-0.3, -0.25) is 0 Å². The maximum absolute atomic E-state index is 13.2. The first kappa shape index (κ1) is 17.3. The SMILES string of the molecule is Fc1ccc2c(c1)CCC(CNCCCNc1ncc(I)cn1)O2. The first-order valence-corrected chi connectivity index (χ1v) is 9.16. The van der Waals surface area contributed by atoms with E-state index in [1.807, 2.05) is 0 Å². The summed E-state index contributed by atoms with van der Waals surface area (Å²) in [5.41, 5.74) is 0.966. The van der Waals surface area contributed by atoms with Crippen molar-refractivity contribution in [3.8, 4) is 5.75 Å². The molecule has 1 unspecified atom stereocenters. The van der Waals surface area contributed by atoms with E-state index < -0.39 is 0 Å². The fraction of sp³-hybridized carbons (Fsp3) is 0.412. The van der Waals surface area contributed by atoms with Gasteiger partial charge in [0.15, 0.2) is 0 Å². The Morgan fingerprint density at radius 2 is 2.08 bits per heavy atom. The van der Waals surface area contributed by atoms with E-state index in [2.05, 4.69) is 43.2 Å². The second-order valence-electron chi connectivity index (χ2n) is 5.74. The molecule has 0 saturated carbocycles. The van der Waals surface area contributed by atoms with Crippen LogP contribution in [0.4, 0.5) is 10.3 Å². The van der Waals surface area contributed by atoms with E-state index in [9.17, 15) is 4.39 Å². The summed E-state index contributed by atoms with van der Waals surface area (Å²) in [6, 6.07) is 4.74. The quantitative estimate of drug-likeness (QED) is 0.510. The standard InChI is InChI=1S/C17H20FIN4O/c18-13-3-5-16-12(8-13)2-4-15(24-16)11-20-6-1-7-21-17-22-9-14(19)10-23-17/h3,5,8-10,15,20H,1-2,4,6-7,11H2,(H,21,22,23). The first-order valence-electron chi connectivity index (χ1n) is 8.08. The zero-order chi connectivity index (χ0) is 16.8. The van der Waals surface area contributed by atoms with Crippen molar-refractivity contribution in [3.05, 3.63) is 45.5 Å². The zero-order valence-electron chi connectivity index (χ0n) is 13.3. The van der Waals surface area contributed by atoms with E-state index in [4.69, 9.17) is 4.74 Å². The van der Waals surface area contributed by atoms with Crippen molar-refractivity contribution in [2.24, 2.45) is 0 Å². The van der Waals surface area contributed by atoms with Gasteiger partial charge in [0, 0.05) is 29.1 Å². The van der Waals surface area contributed by atoms with E-state index in [0.717, 1.165) is 53.8 Å². The van der Waals surface area contributed by atoms with Gasteiger partial charge in [0.05, 0.1) is 0 Å². The maximum Gasteiger partial charge on any atom is 0.222 e. The third-order valence-electron chi connectivity index (χ3n) is 3.86. The highest BCUT2D eigenvalue weighted by Crippen LogP contribution is 2.27. The summed E-state index contributed by atoms with van der Waals surface area (Å²) in [5, 5.41) is 6.61. The van der Waals surface area contributed by atoms with Crippen LogP contribution in [-0.2, 0) is 6.42 Å². The number of rotatable bonds is 7. The number of ether oxygens (including phenoxy) is 1. The number of anilines is 1. The minimum atomic E-state index is -0.196. The second kappa shape index (κ2) is 8.57. The Balaban J connectivity index is 1.31. The molecule has 2 heterocycles. The number of benzene rings is 1. The van der Waals surface area contributed by atoms with Crippen LogP contribution in [0.15, 0.2) is 30.6 Å². The molecule has 2 aromatic rings. The summed E-state index contributed by atoms with van der Waals surface area (Å²) in [7, 11) is 0. The number of fused-ring (bicyclic) bond motifs is 1. The third kappa shape index (κ3) is 5.01. The summed E-state index contributed by atoms with van der Waals surface area (Å²) in [6.45, 7) is 2.52. The van der Waals surface area contributed by atoms with Crippen LogP contribution in [0, 0.1) is 9.39 Å². The lowest BCUT2D eigenvalue weighted by Crippen LogP contribution is -2.35. The molecule has 1 atom stereocenters. The minimum absolute atomic E-state index is 0.149. The molecular weight excluding hydrogens is 422 g/mol. The topological polar surface area (TPSA) is 59.1 Å². The summed E-state index contributed by atoms with van der Waals surface area (Å²) < 4.78 is 20.1. The van der Waals surface area contributed by atoms with E-state index in [0.29, 0.717) is 5.95 Å². The van der Waals surface area contributed by atoms with Gasteiger partial charge in [-0.15, -0.1) is 0 Å². The molecule has 0 fully saturated rings. The van der Waals surface area contributed by atoms with Crippen LogP contribution in [0.25, 0.3) is 0 Å². The Kier molecular flexibility index (Phi) is 6.19. The minimum Gasteiger partial charge on any atom is -0.489 e. The van der Waals surface area contributed by atoms with Gasteiger partial charge >= 0.3 is 0 Å². The largest absolute Gasteiger partial charge is 0.489 e. The van der Waals surface area contributed by atoms with Crippen molar-refractivity contribution >= 4 is 28.5 Å². The number of hydrogen-bond acceptors (Lipinski definition) is 5. The molecule has 128 valence electrons. The fourth-order valence-electron chi connectivity index (χ4n) is 2.64. The number of nitrogens with zero attached hydrogens (tertiary/aromatic N) is 2. The molecule has 7 heteroatoms. The highest BCUT2D eigenvalue weighted by atomic mass is 127. The van der Waals surface area contributed by atoms with E-state index in [1.54, 1.807) is 24.5 Å². The van der Waals surface area contributed by atoms with Gasteiger partial charge in [-0.1, -0.05) is 0 Å². The second-order valence-corrected chi connectivity index (χ2v) is 6.99. The zero-order valence-corrected chi connectivity index (χ0v) is 15.4. The molecule has 24 heavy (non-hydrogen) atoms. The van der Waals surface area contributed by atoms with Crippen molar-refractivity contribution in [2.75, 3.05) is 25.0 Å². The number of hydrogen-bond donors (Lipinski definition) is 2. The molecule has 1 aliphatic heterocycles. The van der Waals surface area contributed by atoms with Gasteiger partial charge in [-0.05, 0) is 72.2 Å². The van der Waals surface area contributed by atoms with Gasteiger partial charge in [-0.25, -0.2) is 14.4 Å². The predicted octanol–water partition coefficient (Wildman–Crippen LogP) is 3.01. The highest BCUT2D eigenvalue weighted by molar-refractivity contribution is 14.1. The van der Waals surface area contributed by atoms with Gasteiger partial charge in [0.25, 0.3) is 0 Å². The molecule has 3 rings (SSSR count). The van der Waals surface area contributed by atoms with Crippen molar-refractivity contribution < 1.29 is 9.13 Å². The van der Waals surface area contributed by atoms with Crippen LogP contribution in [-0.4, -0.2) is 35.7 Å². The highest BCUT2D eigenvalue weighted by Gasteiger charge is 2.19. The molecule has 0 aliphatic carbocycles. The number of aromatic nitrogens is 2. The van der Waals surface area contributed by atoms with Crippen LogP contribution in [0.2, 0.25) is 0 Å². The van der Waals surface area contributed by atoms with Crippen molar-refractivity contribution in [1.82, 2.24) is 15.3 Å². The Morgan fingerprint density at radius 1 is 1.25 bits per heavy atom. The molecule has 1 aromatic carbocycles. The van der Waals surface area contributed by atoms with Crippen molar-refractivity contribution in [1.29, 1.82) is 0 Å². The predicted molar refractivity (Wildman–Crippen MR) is 99.9 cm³/mol. The monoisotopic (exact) mass is 442 g/mol. The fourth-order valence-corrected chi connectivity index (χ4v) is 2.92. The molecule has 1 aliphatic rings. The normalized spacial score (nSPS) is 16.3. The molecular formula is C17H20FIN4O.